The van der Waals surface area contributed by atoms with Crippen molar-refractivity contribution >= 4 is 28.8 Å². The fourth-order valence-corrected chi connectivity index (χ4v) is 4.48. The largest absolute Gasteiger partial charge is 0.354 e. The lowest BCUT2D eigenvalue weighted by Crippen LogP contribution is -2.43. The molecular weight excluding hydrogens is 441 g/mol. The van der Waals surface area contributed by atoms with Crippen molar-refractivity contribution in [3.63, 3.8) is 0 Å². The van der Waals surface area contributed by atoms with Gasteiger partial charge in [-0.2, -0.15) is 5.10 Å². The van der Waals surface area contributed by atoms with Crippen LogP contribution in [0.1, 0.15) is 18.4 Å². The standard InChI is InChI=1S/C25H23ClFN5O/c26-20-8-3-6-17(13-20)22-14-23-24(28-10-12-32(23)30-22)31-11-4-7-19(16-31)25(33)29-15-18-5-1-2-9-21(18)27/h1-3,5-6,8-10,12-14,19H,4,7,11,15-16H2,(H,29,33). The van der Waals surface area contributed by atoms with E-state index in [1.165, 1.54) is 6.07 Å². The first-order chi connectivity index (χ1) is 16.1. The van der Waals surface area contributed by atoms with Crippen molar-refractivity contribution in [1.29, 1.82) is 0 Å². The first-order valence-electron chi connectivity index (χ1n) is 10.9. The maximum atomic E-state index is 13.9. The molecule has 0 radical (unpaired) electrons. The summed E-state index contributed by atoms with van der Waals surface area (Å²) in [6, 6.07) is 16.1. The van der Waals surface area contributed by atoms with Crippen molar-refractivity contribution in [3.8, 4) is 11.3 Å². The molecule has 1 aliphatic heterocycles. The highest BCUT2D eigenvalue weighted by molar-refractivity contribution is 6.30. The minimum absolute atomic E-state index is 0.0666. The Hall–Kier alpha value is -3.45. The molecule has 1 unspecified atom stereocenters. The SMILES string of the molecule is O=C(NCc1ccccc1F)C1CCCN(c2nccn3nc(-c4cccc(Cl)c4)cc23)C1. The van der Waals surface area contributed by atoms with Gasteiger partial charge in [0.05, 0.1) is 11.6 Å². The van der Waals surface area contributed by atoms with Crippen LogP contribution in [-0.4, -0.2) is 33.6 Å². The summed E-state index contributed by atoms with van der Waals surface area (Å²) in [7, 11) is 0. The van der Waals surface area contributed by atoms with E-state index in [1.54, 1.807) is 28.9 Å². The summed E-state index contributed by atoms with van der Waals surface area (Å²) in [5.74, 6) is 0.228. The van der Waals surface area contributed by atoms with E-state index < -0.39 is 0 Å². The van der Waals surface area contributed by atoms with Gasteiger partial charge in [0.2, 0.25) is 5.91 Å². The van der Waals surface area contributed by atoms with Gasteiger partial charge < -0.3 is 10.2 Å². The second-order valence-electron chi connectivity index (χ2n) is 8.21. The first-order valence-corrected chi connectivity index (χ1v) is 11.3. The van der Waals surface area contributed by atoms with Crippen molar-refractivity contribution in [2.45, 2.75) is 19.4 Å². The molecule has 1 saturated heterocycles. The van der Waals surface area contributed by atoms with Crippen LogP contribution in [-0.2, 0) is 11.3 Å². The molecule has 2 aromatic heterocycles. The van der Waals surface area contributed by atoms with Gasteiger partial charge in [-0.05, 0) is 37.1 Å². The van der Waals surface area contributed by atoms with Crippen molar-refractivity contribution < 1.29 is 9.18 Å². The number of fused-ring (bicyclic) bond motifs is 1. The third kappa shape index (κ3) is 4.54. The second-order valence-corrected chi connectivity index (χ2v) is 8.65. The number of nitrogens with zero attached hydrogens (tertiary/aromatic N) is 4. The highest BCUT2D eigenvalue weighted by Crippen LogP contribution is 2.29. The van der Waals surface area contributed by atoms with E-state index in [9.17, 15) is 9.18 Å². The maximum absolute atomic E-state index is 13.9. The Morgan fingerprint density at radius 3 is 2.91 bits per heavy atom. The summed E-state index contributed by atoms with van der Waals surface area (Å²) in [6.07, 6.45) is 5.19. The molecule has 5 rings (SSSR count). The van der Waals surface area contributed by atoms with Gasteiger partial charge >= 0.3 is 0 Å². The molecule has 1 aliphatic rings. The average molecular weight is 464 g/mol. The zero-order valence-electron chi connectivity index (χ0n) is 17.9. The first kappa shape index (κ1) is 21.4. The number of carbonyl (C=O) groups excluding carboxylic acids is 1. The van der Waals surface area contributed by atoms with Crippen LogP contribution in [0.5, 0.6) is 0 Å². The molecule has 1 N–H and O–H groups in total. The molecule has 1 amide bonds. The molecule has 168 valence electrons. The normalized spacial score (nSPS) is 16.2. The van der Waals surface area contributed by atoms with Gasteiger partial charge in [0.1, 0.15) is 11.3 Å². The zero-order valence-corrected chi connectivity index (χ0v) is 18.7. The highest BCUT2D eigenvalue weighted by atomic mass is 35.5. The molecule has 8 heteroatoms. The number of piperidine rings is 1. The summed E-state index contributed by atoms with van der Waals surface area (Å²) in [5.41, 5.74) is 3.10. The third-order valence-electron chi connectivity index (χ3n) is 5.99. The van der Waals surface area contributed by atoms with E-state index in [0.717, 1.165) is 42.0 Å². The summed E-state index contributed by atoms with van der Waals surface area (Å²) >= 11 is 6.15. The highest BCUT2D eigenvalue weighted by Gasteiger charge is 2.28. The van der Waals surface area contributed by atoms with Gasteiger partial charge in [-0.25, -0.2) is 13.9 Å². The fraction of sp³-hybridized carbons (Fsp3) is 0.240. The maximum Gasteiger partial charge on any atom is 0.225 e. The van der Waals surface area contributed by atoms with Crippen molar-refractivity contribution in [2.24, 2.45) is 5.92 Å². The number of halogens is 2. The van der Waals surface area contributed by atoms with Crippen LogP contribution in [0.25, 0.3) is 16.8 Å². The summed E-state index contributed by atoms with van der Waals surface area (Å²) in [6.45, 7) is 1.54. The number of rotatable bonds is 5. The molecule has 0 aliphatic carbocycles. The Kier molecular flexibility index (Phi) is 5.96. The van der Waals surface area contributed by atoms with Crippen LogP contribution in [0.3, 0.4) is 0 Å². The van der Waals surface area contributed by atoms with E-state index in [0.29, 0.717) is 17.1 Å². The zero-order chi connectivity index (χ0) is 22.8. The van der Waals surface area contributed by atoms with Crippen LogP contribution in [0.4, 0.5) is 10.2 Å². The van der Waals surface area contributed by atoms with Gasteiger partial charge in [-0.15, -0.1) is 0 Å². The van der Waals surface area contributed by atoms with Crippen molar-refractivity contribution in [3.05, 3.63) is 83.4 Å². The van der Waals surface area contributed by atoms with Gasteiger partial charge in [0.25, 0.3) is 0 Å². The molecule has 0 spiro atoms. The minimum atomic E-state index is -0.310. The van der Waals surface area contributed by atoms with E-state index >= 15 is 0 Å². The predicted molar refractivity (Wildman–Crippen MR) is 127 cm³/mol. The molecule has 33 heavy (non-hydrogen) atoms. The Morgan fingerprint density at radius 1 is 1.18 bits per heavy atom. The van der Waals surface area contributed by atoms with Crippen LogP contribution >= 0.6 is 11.6 Å². The van der Waals surface area contributed by atoms with Crippen molar-refractivity contribution in [2.75, 3.05) is 18.0 Å². The van der Waals surface area contributed by atoms with E-state index in [1.807, 2.05) is 36.5 Å². The Balaban J connectivity index is 1.34. The molecule has 4 aromatic rings. The summed E-state index contributed by atoms with van der Waals surface area (Å²) < 4.78 is 15.7. The number of benzene rings is 2. The van der Waals surface area contributed by atoms with Crippen LogP contribution in [0.15, 0.2) is 67.0 Å². The number of hydrogen-bond acceptors (Lipinski definition) is 4. The topological polar surface area (TPSA) is 62.5 Å². The Bertz CT molecular complexity index is 1310. The average Bonchev–Trinajstić information content (AvgIpc) is 3.28. The summed E-state index contributed by atoms with van der Waals surface area (Å²) in [5, 5.41) is 8.23. The Labute approximate surface area is 196 Å². The van der Waals surface area contributed by atoms with Gasteiger partial charge in [0.15, 0.2) is 5.82 Å². The number of nitrogens with one attached hydrogen (secondary N) is 1. The van der Waals surface area contributed by atoms with Crippen LogP contribution < -0.4 is 10.2 Å². The van der Waals surface area contributed by atoms with Gasteiger partial charge in [-0.1, -0.05) is 41.9 Å². The number of aromatic nitrogens is 3. The molecule has 3 heterocycles. The van der Waals surface area contributed by atoms with Gasteiger partial charge in [-0.3, -0.25) is 4.79 Å². The molecule has 1 fully saturated rings. The summed E-state index contributed by atoms with van der Waals surface area (Å²) in [4.78, 5) is 19.6. The smallest absolute Gasteiger partial charge is 0.225 e. The number of anilines is 1. The minimum Gasteiger partial charge on any atom is -0.354 e. The van der Waals surface area contributed by atoms with E-state index in [-0.39, 0.29) is 24.2 Å². The molecular formula is C25H23ClFN5O. The van der Waals surface area contributed by atoms with Crippen LogP contribution in [0, 0.1) is 11.7 Å². The molecule has 0 saturated carbocycles. The van der Waals surface area contributed by atoms with Gasteiger partial charge in [0, 0.05) is 48.2 Å². The van der Waals surface area contributed by atoms with E-state index in [4.69, 9.17) is 11.6 Å². The quantitative estimate of drug-likeness (QED) is 0.465. The second kappa shape index (κ2) is 9.19. The third-order valence-corrected chi connectivity index (χ3v) is 6.23. The number of amides is 1. The predicted octanol–water partition coefficient (Wildman–Crippen LogP) is 4.72. The van der Waals surface area contributed by atoms with Crippen molar-refractivity contribution in [1.82, 2.24) is 19.9 Å². The number of carbonyl (C=O) groups is 1. The van der Waals surface area contributed by atoms with E-state index in [2.05, 4.69) is 20.3 Å². The lowest BCUT2D eigenvalue weighted by Gasteiger charge is -2.33. The van der Waals surface area contributed by atoms with Crippen LogP contribution in [0.2, 0.25) is 5.02 Å². The molecule has 6 nitrogen and oxygen atoms in total. The lowest BCUT2D eigenvalue weighted by molar-refractivity contribution is -0.125. The number of hydrogen-bond donors (Lipinski definition) is 1. The molecule has 1 atom stereocenters. The molecule has 2 aromatic carbocycles. The monoisotopic (exact) mass is 463 g/mol. The molecule has 0 bridgehead atoms. The Morgan fingerprint density at radius 2 is 2.06 bits per heavy atom. The fourth-order valence-electron chi connectivity index (χ4n) is 4.29. The lowest BCUT2D eigenvalue weighted by atomic mass is 9.97.